The van der Waals surface area contributed by atoms with Crippen molar-refractivity contribution in [1.29, 1.82) is 0 Å². The van der Waals surface area contributed by atoms with Gasteiger partial charge in [-0.05, 0) is 25.0 Å². The molecule has 12 heavy (non-hydrogen) atoms. The highest BCUT2D eigenvalue weighted by Gasteiger charge is 2.26. The van der Waals surface area contributed by atoms with E-state index in [4.69, 9.17) is 0 Å². The van der Waals surface area contributed by atoms with Crippen LogP contribution in [0.4, 0.5) is 0 Å². The molecule has 62 valence electrons. The van der Waals surface area contributed by atoms with Crippen LogP contribution in [0.1, 0.15) is 30.9 Å². The molecule has 1 aliphatic carbocycles. The van der Waals surface area contributed by atoms with E-state index in [0.29, 0.717) is 5.78 Å². The molecule has 1 aromatic rings. The Kier molecular flexibility index (Phi) is 1.90. The zero-order valence-corrected chi connectivity index (χ0v) is 6.86. The van der Waals surface area contributed by atoms with E-state index in [1.54, 1.807) is 6.20 Å². The van der Waals surface area contributed by atoms with Gasteiger partial charge in [0.2, 0.25) is 0 Å². The molecule has 2 rings (SSSR count). The molecule has 0 spiro atoms. The normalized spacial score (nSPS) is 23.0. The molecule has 0 N–H and O–H groups in total. The molecule has 0 unspecified atom stereocenters. The highest BCUT2D eigenvalue weighted by molar-refractivity contribution is 5.87. The second kappa shape index (κ2) is 3.05. The molecular weight excluding hydrogens is 150 g/mol. The average Bonchev–Trinajstić information content (AvgIpc) is 2.53. The number of ketones is 1. The van der Waals surface area contributed by atoms with Gasteiger partial charge in [-0.25, -0.2) is 0 Å². The van der Waals surface area contributed by atoms with Gasteiger partial charge >= 0.3 is 0 Å². The molecule has 1 fully saturated rings. The van der Waals surface area contributed by atoms with Crippen LogP contribution >= 0.6 is 0 Å². The highest BCUT2D eigenvalue weighted by atomic mass is 16.1. The van der Waals surface area contributed by atoms with Gasteiger partial charge in [0.15, 0.2) is 0 Å². The van der Waals surface area contributed by atoms with Crippen LogP contribution in [0.3, 0.4) is 0 Å². The first kappa shape index (κ1) is 7.47. The number of pyridine rings is 1. The summed E-state index contributed by atoms with van der Waals surface area (Å²) in [6.45, 7) is 0. The number of hydrogen-bond donors (Lipinski definition) is 0. The smallest absolute Gasteiger partial charge is 0.141 e. The van der Waals surface area contributed by atoms with Crippen molar-refractivity contribution in [1.82, 2.24) is 4.98 Å². The summed E-state index contributed by atoms with van der Waals surface area (Å²) < 4.78 is 0. The van der Waals surface area contributed by atoms with Crippen molar-refractivity contribution in [2.24, 2.45) is 0 Å². The molecule has 0 aliphatic heterocycles. The summed E-state index contributed by atoms with van der Waals surface area (Å²) in [5.74, 6) is 0.444. The second-order valence-electron chi connectivity index (χ2n) is 3.17. The minimum absolute atomic E-state index is 0.0891. The highest BCUT2D eigenvalue weighted by Crippen LogP contribution is 2.29. The third-order valence-electron chi connectivity index (χ3n) is 2.35. The fourth-order valence-electron chi connectivity index (χ4n) is 1.71. The first-order valence-electron chi connectivity index (χ1n) is 4.31. The van der Waals surface area contributed by atoms with Gasteiger partial charge in [-0.2, -0.15) is 0 Å². The standard InChI is InChI=1S/C10H11NO/c12-10-6-3-4-8(10)9-5-1-2-7-11-9/h1-2,5,7-8H,3-4,6H2/t8-/m1/s1. The number of aromatic nitrogens is 1. The molecule has 0 radical (unpaired) electrons. The second-order valence-corrected chi connectivity index (χ2v) is 3.17. The molecule has 0 amide bonds. The Morgan fingerprint density at radius 2 is 2.33 bits per heavy atom. The van der Waals surface area contributed by atoms with Crippen molar-refractivity contribution in [3.05, 3.63) is 30.1 Å². The Bertz CT molecular complexity index is 281. The maximum Gasteiger partial charge on any atom is 0.141 e. The summed E-state index contributed by atoms with van der Waals surface area (Å²) >= 11 is 0. The number of Topliss-reactive ketones (excluding diaryl/α,β-unsaturated/α-hetero) is 1. The van der Waals surface area contributed by atoms with E-state index < -0.39 is 0 Å². The predicted octanol–water partition coefficient (Wildman–Crippen LogP) is 1.92. The van der Waals surface area contributed by atoms with Crippen LogP contribution in [0.15, 0.2) is 24.4 Å². The van der Waals surface area contributed by atoms with Crippen molar-refractivity contribution in [2.75, 3.05) is 0 Å². The zero-order chi connectivity index (χ0) is 8.39. The SMILES string of the molecule is O=C1CCC[C@@H]1c1ccccn1. The molecule has 0 saturated heterocycles. The van der Waals surface area contributed by atoms with Gasteiger partial charge in [0.1, 0.15) is 5.78 Å². The molecule has 1 heterocycles. The summed E-state index contributed by atoms with van der Waals surface area (Å²) in [6.07, 6.45) is 4.50. The number of carbonyl (C=O) groups excluding carboxylic acids is 1. The van der Waals surface area contributed by atoms with E-state index in [1.807, 2.05) is 18.2 Å². The third-order valence-corrected chi connectivity index (χ3v) is 2.35. The summed E-state index contributed by atoms with van der Waals surface area (Å²) in [5, 5.41) is 0. The quantitative estimate of drug-likeness (QED) is 0.629. The molecule has 0 aromatic carbocycles. The van der Waals surface area contributed by atoms with Gasteiger partial charge in [0, 0.05) is 12.6 Å². The largest absolute Gasteiger partial charge is 0.299 e. The van der Waals surface area contributed by atoms with Crippen LogP contribution in [-0.2, 0) is 4.79 Å². The van der Waals surface area contributed by atoms with Crippen molar-refractivity contribution in [3.63, 3.8) is 0 Å². The lowest BCUT2D eigenvalue weighted by molar-refractivity contribution is -0.118. The maximum absolute atomic E-state index is 11.3. The van der Waals surface area contributed by atoms with Gasteiger partial charge in [-0.3, -0.25) is 9.78 Å². The number of carbonyl (C=O) groups is 1. The summed E-state index contributed by atoms with van der Waals surface area (Å²) in [5.41, 5.74) is 0.944. The number of hydrogen-bond acceptors (Lipinski definition) is 2. The van der Waals surface area contributed by atoms with Crippen molar-refractivity contribution >= 4 is 5.78 Å². The Balaban J connectivity index is 2.25. The summed E-state index contributed by atoms with van der Waals surface area (Å²) in [7, 11) is 0. The fourth-order valence-corrected chi connectivity index (χ4v) is 1.71. The van der Waals surface area contributed by atoms with Crippen LogP contribution in [0, 0.1) is 0 Å². The first-order chi connectivity index (χ1) is 5.88. The monoisotopic (exact) mass is 161 g/mol. The van der Waals surface area contributed by atoms with Crippen molar-refractivity contribution in [2.45, 2.75) is 25.2 Å². The lowest BCUT2D eigenvalue weighted by Gasteiger charge is -2.04. The average molecular weight is 161 g/mol. The molecule has 2 heteroatoms. The summed E-state index contributed by atoms with van der Waals surface area (Å²) in [6, 6.07) is 5.75. The Labute approximate surface area is 71.6 Å². The van der Waals surface area contributed by atoms with Gasteiger partial charge in [-0.15, -0.1) is 0 Å². The van der Waals surface area contributed by atoms with Crippen molar-refractivity contribution < 1.29 is 4.79 Å². The number of nitrogens with zero attached hydrogens (tertiary/aromatic N) is 1. The molecule has 1 atom stereocenters. The third kappa shape index (κ3) is 1.24. The van der Waals surface area contributed by atoms with Crippen LogP contribution in [0.25, 0.3) is 0 Å². The van der Waals surface area contributed by atoms with Crippen molar-refractivity contribution in [3.8, 4) is 0 Å². The topological polar surface area (TPSA) is 30.0 Å². The van der Waals surface area contributed by atoms with Crippen LogP contribution in [0.5, 0.6) is 0 Å². The van der Waals surface area contributed by atoms with Crippen LogP contribution < -0.4 is 0 Å². The van der Waals surface area contributed by atoms with E-state index in [0.717, 1.165) is 25.0 Å². The molecule has 2 nitrogen and oxygen atoms in total. The summed E-state index contributed by atoms with van der Waals surface area (Å²) in [4.78, 5) is 15.5. The Morgan fingerprint density at radius 1 is 1.42 bits per heavy atom. The first-order valence-corrected chi connectivity index (χ1v) is 4.31. The molecule has 1 aromatic heterocycles. The molecule has 1 saturated carbocycles. The maximum atomic E-state index is 11.3. The lowest BCUT2D eigenvalue weighted by Crippen LogP contribution is -2.05. The molecule has 1 aliphatic rings. The zero-order valence-electron chi connectivity index (χ0n) is 6.86. The minimum atomic E-state index is 0.0891. The lowest BCUT2D eigenvalue weighted by atomic mass is 10.0. The van der Waals surface area contributed by atoms with E-state index in [-0.39, 0.29) is 5.92 Å². The van der Waals surface area contributed by atoms with Gasteiger partial charge in [0.25, 0.3) is 0 Å². The predicted molar refractivity (Wildman–Crippen MR) is 45.8 cm³/mol. The molecule has 0 bridgehead atoms. The van der Waals surface area contributed by atoms with Gasteiger partial charge < -0.3 is 0 Å². The number of rotatable bonds is 1. The fraction of sp³-hybridized carbons (Fsp3) is 0.400. The van der Waals surface area contributed by atoms with Crippen LogP contribution in [0.2, 0.25) is 0 Å². The van der Waals surface area contributed by atoms with Gasteiger partial charge in [0.05, 0.1) is 11.6 Å². The van der Waals surface area contributed by atoms with Gasteiger partial charge in [-0.1, -0.05) is 6.07 Å². The van der Waals surface area contributed by atoms with E-state index in [9.17, 15) is 4.79 Å². The van der Waals surface area contributed by atoms with E-state index in [2.05, 4.69) is 4.98 Å². The van der Waals surface area contributed by atoms with Crippen LogP contribution in [-0.4, -0.2) is 10.8 Å². The molecular formula is C10H11NO. The van der Waals surface area contributed by atoms with E-state index in [1.165, 1.54) is 0 Å². The Hall–Kier alpha value is -1.18. The minimum Gasteiger partial charge on any atom is -0.299 e. The Morgan fingerprint density at radius 3 is 2.92 bits per heavy atom. The van der Waals surface area contributed by atoms with E-state index >= 15 is 0 Å².